The number of thiophene rings is 1. The molecule has 210 valence electrons. The van der Waals surface area contributed by atoms with Gasteiger partial charge in [-0.1, -0.05) is 109 Å². The third-order valence-corrected chi connectivity index (χ3v) is 9.93. The first-order chi connectivity index (χ1) is 22.3. The lowest BCUT2D eigenvalue weighted by atomic mass is 9.95. The maximum atomic E-state index is 5.41. The molecule has 0 atom stereocenters. The van der Waals surface area contributed by atoms with Gasteiger partial charge in [-0.3, -0.25) is 4.57 Å². The summed E-state index contributed by atoms with van der Waals surface area (Å²) in [6.45, 7) is 0. The molecule has 1 aliphatic rings. The van der Waals surface area contributed by atoms with Crippen LogP contribution in [-0.4, -0.2) is 19.5 Å². The van der Waals surface area contributed by atoms with E-state index in [4.69, 9.17) is 15.0 Å². The van der Waals surface area contributed by atoms with Crippen LogP contribution in [0.4, 0.5) is 17.6 Å². The standard InChI is InChI=1S/C39H23N5S/c1-2-13-25(14-3-1)35-37-36(28-17-7-11-21-33(28)45-37)42-38(41-35)44-32-23-22-24-12-4-5-15-26(24)34(32)27-16-6-9-19-30(27)43-31-20-10-8-18-29(31)40-39(43)44/h1-23H. The lowest BCUT2D eigenvalue weighted by Gasteiger charge is -2.24. The zero-order valence-electron chi connectivity index (χ0n) is 23.9. The van der Waals surface area contributed by atoms with Crippen LogP contribution in [0, 0.1) is 0 Å². The Labute approximate surface area is 262 Å². The Bertz CT molecular complexity index is 2620. The molecule has 3 aromatic heterocycles. The Kier molecular flexibility index (Phi) is 5.09. The summed E-state index contributed by atoms with van der Waals surface area (Å²) in [5, 5.41) is 3.48. The molecule has 6 heteroatoms. The summed E-state index contributed by atoms with van der Waals surface area (Å²) >= 11 is 1.74. The fourth-order valence-electron chi connectivity index (χ4n) is 6.79. The number of aromatic nitrogens is 4. The second-order valence-electron chi connectivity index (χ2n) is 11.3. The molecule has 1 aliphatic heterocycles. The van der Waals surface area contributed by atoms with E-state index >= 15 is 0 Å². The van der Waals surface area contributed by atoms with Gasteiger partial charge in [0.1, 0.15) is 0 Å². The minimum atomic E-state index is 0.589. The van der Waals surface area contributed by atoms with Crippen molar-refractivity contribution in [2.75, 3.05) is 4.90 Å². The van der Waals surface area contributed by atoms with E-state index in [1.807, 2.05) is 12.1 Å². The third kappa shape index (κ3) is 3.51. The van der Waals surface area contributed by atoms with Crippen LogP contribution in [0.5, 0.6) is 0 Å². The molecule has 45 heavy (non-hydrogen) atoms. The summed E-state index contributed by atoms with van der Waals surface area (Å²) < 4.78 is 4.54. The van der Waals surface area contributed by atoms with E-state index < -0.39 is 0 Å². The van der Waals surface area contributed by atoms with Crippen LogP contribution in [0.1, 0.15) is 0 Å². The van der Waals surface area contributed by atoms with Crippen molar-refractivity contribution in [2.45, 2.75) is 0 Å². The predicted octanol–water partition coefficient (Wildman–Crippen LogP) is 10.5. The normalized spacial score (nSPS) is 12.4. The van der Waals surface area contributed by atoms with Crippen LogP contribution in [0.3, 0.4) is 0 Å². The molecule has 4 heterocycles. The van der Waals surface area contributed by atoms with Gasteiger partial charge in [-0.2, -0.15) is 0 Å². The van der Waals surface area contributed by atoms with Crippen molar-refractivity contribution >= 4 is 71.0 Å². The lowest BCUT2D eigenvalue weighted by Crippen LogP contribution is -2.17. The number of para-hydroxylation sites is 3. The predicted molar refractivity (Wildman–Crippen MR) is 186 cm³/mol. The van der Waals surface area contributed by atoms with Gasteiger partial charge in [0.15, 0.2) is 0 Å². The molecule has 0 N–H and O–H groups in total. The number of nitrogens with zero attached hydrogens (tertiary/aromatic N) is 5. The molecule has 5 nitrogen and oxygen atoms in total. The van der Waals surface area contributed by atoms with Gasteiger partial charge in [0.25, 0.3) is 0 Å². The summed E-state index contributed by atoms with van der Waals surface area (Å²) in [6.07, 6.45) is 0. The molecular weight excluding hydrogens is 571 g/mol. The molecule has 0 unspecified atom stereocenters. The maximum absolute atomic E-state index is 5.41. The maximum Gasteiger partial charge on any atom is 0.238 e. The summed E-state index contributed by atoms with van der Waals surface area (Å²) in [5.41, 5.74) is 9.23. The topological polar surface area (TPSA) is 46.8 Å². The Morgan fingerprint density at radius 2 is 1.31 bits per heavy atom. The first-order valence-corrected chi connectivity index (χ1v) is 15.8. The van der Waals surface area contributed by atoms with Crippen LogP contribution < -0.4 is 4.90 Å². The van der Waals surface area contributed by atoms with Crippen LogP contribution in [-0.2, 0) is 0 Å². The Balaban J connectivity index is 1.39. The first kappa shape index (κ1) is 24.6. The van der Waals surface area contributed by atoms with Gasteiger partial charge >= 0.3 is 0 Å². The molecule has 0 saturated heterocycles. The summed E-state index contributed by atoms with van der Waals surface area (Å²) in [5.74, 6) is 1.35. The second kappa shape index (κ2) is 9.32. The molecule has 0 fully saturated rings. The highest BCUT2D eigenvalue weighted by Gasteiger charge is 2.32. The Morgan fingerprint density at radius 1 is 0.556 bits per heavy atom. The molecular formula is C39H23N5S. The highest BCUT2D eigenvalue weighted by atomic mass is 32.1. The van der Waals surface area contributed by atoms with E-state index in [9.17, 15) is 0 Å². The molecule has 0 amide bonds. The molecule has 0 bridgehead atoms. The van der Waals surface area contributed by atoms with Gasteiger partial charge < -0.3 is 0 Å². The molecule has 0 aliphatic carbocycles. The van der Waals surface area contributed by atoms with Crippen molar-refractivity contribution in [3.05, 3.63) is 140 Å². The molecule has 0 saturated carbocycles. The largest absolute Gasteiger partial charge is 0.277 e. The molecule has 0 radical (unpaired) electrons. The zero-order valence-corrected chi connectivity index (χ0v) is 24.7. The van der Waals surface area contributed by atoms with Gasteiger partial charge in [0.05, 0.1) is 38.3 Å². The number of hydrogen-bond acceptors (Lipinski definition) is 5. The first-order valence-electron chi connectivity index (χ1n) is 15.0. The van der Waals surface area contributed by atoms with E-state index in [-0.39, 0.29) is 0 Å². The Hall–Kier alpha value is -5.85. The van der Waals surface area contributed by atoms with Crippen molar-refractivity contribution in [1.29, 1.82) is 0 Å². The van der Waals surface area contributed by atoms with Gasteiger partial charge in [-0.15, -0.1) is 11.3 Å². The molecule has 10 rings (SSSR count). The zero-order chi connectivity index (χ0) is 29.5. The molecule has 9 aromatic rings. The average molecular weight is 594 g/mol. The van der Waals surface area contributed by atoms with E-state index in [1.54, 1.807) is 11.3 Å². The average Bonchev–Trinajstić information content (AvgIpc) is 3.64. The van der Waals surface area contributed by atoms with Gasteiger partial charge in [-0.25, -0.2) is 19.9 Å². The minimum Gasteiger partial charge on any atom is -0.277 e. The van der Waals surface area contributed by atoms with Crippen molar-refractivity contribution < 1.29 is 0 Å². The number of fused-ring (bicyclic) bond motifs is 12. The quantitative estimate of drug-likeness (QED) is 0.200. The Morgan fingerprint density at radius 3 is 2.24 bits per heavy atom. The fraction of sp³-hybridized carbons (Fsp3) is 0. The molecule has 0 spiro atoms. The van der Waals surface area contributed by atoms with Gasteiger partial charge in [0, 0.05) is 26.8 Å². The number of rotatable bonds is 2. The second-order valence-corrected chi connectivity index (χ2v) is 12.3. The van der Waals surface area contributed by atoms with E-state index in [2.05, 4.69) is 137 Å². The van der Waals surface area contributed by atoms with Gasteiger partial charge in [0.2, 0.25) is 11.9 Å². The smallest absolute Gasteiger partial charge is 0.238 e. The van der Waals surface area contributed by atoms with Gasteiger partial charge in [-0.05, 0) is 41.1 Å². The highest BCUT2D eigenvalue weighted by molar-refractivity contribution is 7.26. The minimum absolute atomic E-state index is 0.589. The van der Waals surface area contributed by atoms with Crippen molar-refractivity contribution in [2.24, 2.45) is 0 Å². The van der Waals surface area contributed by atoms with Crippen molar-refractivity contribution in [3.63, 3.8) is 0 Å². The monoisotopic (exact) mass is 593 g/mol. The van der Waals surface area contributed by atoms with E-state index in [1.165, 1.54) is 15.5 Å². The number of hydrogen-bond donors (Lipinski definition) is 0. The van der Waals surface area contributed by atoms with Crippen molar-refractivity contribution in [1.82, 2.24) is 19.5 Å². The van der Waals surface area contributed by atoms with Crippen LogP contribution in [0.2, 0.25) is 0 Å². The van der Waals surface area contributed by atoms with Crippen LogP contribution >= 0.6 is 11.3 Å². The summed E-state index contributed by atoms with van der Waals surface area (Å²) in [7, 11) is 0. The van der Waals surface area contributed by atoms with Crippen LogP contribution in [0.25, 0.3) is 70.2 Å². The number of benzene rings is 6. The van der Waals surface area contributed by atoms with E-state index in [0.717, 1.165) is 66.3 Å². The lowest BCUT2D eigenvalue weighted by molar-refractivity contribution is 1.01. The molecule has 6 aromatic carbocycles. The SMILES string of the molecule is c1ccc(-c2nc(N3c4ccc5ccccc5c4-c4ccccc4-n4c3nc3ccccc34)nc3c2sc2ccccc23)cc1. The number of anilines is 3. The van der Waals surface area contributed by atoms with Crippen LogP contribution in [0.15, 0.2) is 140 Å². The third-order valence-electron chi connectivity index (χ3n) is 8.76. The fourth-order valence-corrected chi connectivity index (χ4v) is 7.94. The summed E-state index contributed by atoms with van der Waals surface area (Å²) in [6, 6.07) is 48.9. The van der Waals surface area contributed by atoms with Crippen molar-refractivity contribution in [3.8, 4) is 28.1 Å². The number of imidazole rings is 1. The van der Waals surface area contributed by atoms with E-state index in [0.29, 0.717) is 5.95 Å². The highest BCUT2D eigenvalue weighted by Crippen LogP contribution is 2.50. The summed E-state index contributed by atoms with van der Waals surface area (Å²) in [4.78, 5) is 18.3.